The topological polar surface area (TPSA) is 351 Å². The number of amides is 1. The number of hydrogen-bond donors (Lipinski definition) is 4. The Bertz CT molecular complexity index is 5240. The van der Waals surface area contributed by atoms with Crippen LogP contribution in [0.1, 0.15) is 95.4 Å². The highest BCUT2D eigenvalue weighted by molar-refractivity contribution is 7.91. The van der Waals surface area contributed by atoms with Gasteiger partial charge in [-0.3, -0.25) is 34.7 Å². The van der Waals surface area contributed by atoms with Crippen LogP contribution in [-0.4, -0.2) is 130 Å². The average molecular weight is 1430 g/mol. The third-order valence-electron chi connectivity index (χ3n) is 18.1. The lowest BCUT2D eigenvalue weighted by molar-refractivity contribution is -0.127. The Morgan fingerprint density at radius 3 is 1.24 bits per heavy atom. The van der Waals surface area contributed by atoms with Crippen molar-refractivity contribution in [3.05, 3.63) is 215 Å². The van der Waals surface area contributed by atoms with Gasteiger partial charge in [0.2, 0.25) is 5.91 Å². The molecule has 1 fully saturated rings. The third kappa shape index (κ3) is 16.9. The summed E-state index contributed by atoms with van der Waals surface area (Å²) >= 11 is 0. The monoisotopic (exact) mass is 1430 g/mol. The van der Waals surface area contributed by atoms with E-state index in [-0.39, 0.29) is 11.6 Å². The summed E-state index contributed by atoms with van der Waals surface area (Å²) in [7, 11) is -0.893. The summed E-state index contributed by atoms with van der Waals surface area (Å²) in [6.07, 6.45) is 13.3. The summed E-state index contributed by atoms with van der Waals surface area (Å²) in [4.78, 5) is 53.3. The molecule has 0 spiro atoms. The molecule has 0 saturated carbocycles. The molecule has 27 heteroatoms. The van der Waals surface area contributed by atoms with Gasteiger partial charge >= 0.3 is 0 Å². The SMILES string of the molecule is CNCc1ccc(-c2cc(-c3nc(-c4ccnc(C(C)(C)S(C)(=O)=O)c4)cnc3C)on2)cc1.CNCc1ccc(-c2cc(-c3nc(-c4ccnc(C(C)S(C)(=O)=O)c4)cnc3C)on2)cc1.CNCc1ccc(-c2cc(-c3nc(-c4ccnc(C5(C(N)=O)CCOCC5)c4)cnc3C)on2)cc1.[HH].[HH].[HH].[HH]. The molecule has 0 aliphatic carbocycles. The van der Waals surface area contributed by atoms with Crippen molar-refractivity contribution < 1.29 is 45.6 Å². The Kier molecular flexibility index (Phi) is 22.5. The van der Waals surface area contributed by atoms with Gasteiger partial charge in [-0.1, -0.05) is 88.3 Å². The van der Waals surface area contributed by atoms with Crippen LogP contribution in [0, 0.1) is 20.8 Å². The highest BCUT2D eigenvalue weighted by Gasteiger charge is 2.42. The van der Waals surface area contributed by atoms with Gasteiger partial charge in [-0.2, -0.15) is 0 Å². The molecular weight excluding hydrogens is 1350 g/mol. The quantitative estimate of drug-likeness (QED) is 0.0519. The normalized spacial score (nSPS) is 13.3. The van der Waals surface area contributed by atoms with Crippen molar-refractivity contribution >= 4 is 25.6 Å². The largest absolute Gasteiger partial charge is 0.381 e. The first-order chi connectivity index (χ1) is 49.4. The van der Waals surface area contributed by atoms with Crippen LogP contribution in [0.15, 0.2) is 178 Å². The molecule has 25 nitrogen and oxygen atoms in total. The maximum atomic E-state index is 12.5. The average Bonchev–Trinajstić information content (AvgIpc) is 1.16. The molecule has 1 unspecified atom stereocenters. The highest BCUT2D eigenvalue weighted by atomic mass is 32.2. The van der Waals surface area contributed by atoms with Crippen LogP contribution in [-0.2, 0) is 59.0 Å². The Morgan fingerprint density at radius 2 is 0.874 bits per heavy atom. The van der Waals surface area contributed by atoms with Gasteiger partial charge < -0.3 is 40.0 Å². The summed E-state index contributed by atoms with van der Waals surface area (Å²) in [5, 5.41) is 21.4. The van der Waals surface area contributed by atoms with E-state index in [0.717, 1.165) is 64.4 Å². The van der Waals surface area contributed by atoms with Crippen molar-refractivity contribution in [1.29, 1.82) is 0 Å². The molecule has 10 heterocycles. The number of benzene rings is 3. The molecule has 0 bridgehead atoms. The summed E-state index contributed by atoms with van der Waals surface area (Å²) in [5.41, 5.74) is 23.0. The molecule has 103 heavy (non-hydrogen) atoms. The number of nitrogens with one attached hydrogen (secondary N) is 3. The molecule has 1 saturated heterocycles. The zero-order valence-electron chi connectivity index (χ0n) is 59.1. The minimum atomic E-state index is -3.37. The van der Waals surface area contributed by atoms with Crippen molar-refractivity contribution in [2.75, 3.05) is 46.9 Å². The molecule has 1 amide bonds. The molecule has 1 aliphatic heterocycles. The number of pyridine rings is 3. The van der Waals surface area contributed by atoms with Gasteiger partial charge in [0.25, 0.3) is 0 Å². The predicted octanol–water partition coefficient (Wildman–Crippen LogP) is 12.6. The van der Waals surface area contributed by atoms with E-state index in [4.69, 9.17) is 39.0 Å². The van der Waals surface area contributed by atoms with Gasteiger partial charge in [-0.25, -0.2) is 31.8 Å². The second-order valence-electron chi connectivity index (χ2n) is 25.6. The van der Waals surface area contributed by atoms with Crippen molar-refractivity contribution in [3.8, 4) is 102 Å². The number of ether oxygens (including phenoxy) is 1. The van der Waals surface area contributed by atoms with E-state index in [0.29, 0.717) is 117 Å². The summed E-state index contributed by atoms with van der Waals surface area (Å²) in [6, 6.07) is 40.7. The van der Waals surface area contributed by atoms with Crippen LogP contribution < -0.4 is 21.7 Å². The lowest BCUT2D eigenvalue weighted by atomic mass is 9.76. The number of nitrogens with zero attached hydrogens (tertiary/aromatic N) is 12. The fourth-order valence-electron chi connectivity index (χ4n) is 11.4. The van der Waals surface area contributed by atoms with Crippen molar-refractivity contribution in [2.24, 2.45) is 5.73 Å². The number of rotatable bonds is 21. The van der Waals surface area contributed by atoms with E-state index in [1.54, 1.807) is 82.2 Å². The van der Waals surface area contributed by atoms with Crippen LogP contribution in [0.5, 0.6) is 0 Å². The molecule has 12 aromatic rings. The molecule has 0 radical (unpaired) electrons. The molecular formula is C76H88N16O9S2. The smallest absolute Gasteiger partial charge is 0.229 e. The van der Waals surface area contributed by atoms with Crippen LogP contribution in [0.2, 0.25) is 0 Å². The van der Waals surface area contributed by atoms with Gasteiger partial charge in [0, 0.05) is 121 Å². The maximum absolute atomic E-state index is 12.5. The van der Waals surface area contributed by atoms with E-state index in [1.807, 2.05) is 133 Å². The minimum absolute atomic E-state index is 0. The molecule has 9 aromatic heterocycles. The van der Waals surface area contributed by atoms with Crippen molar-refractivity contribution in [3.63, 3.8) is 0 Å². The van der Waals surface area contributed by atoms with Crippen molar-refractivity contribution in [1.82, 2.24) is 76.3 Å². The number of sulfone groups is 2. The lowest BCUT2D eigenvalue weighted by Crippen LogP contribution is -2.46. The number of nitrogens with two attached hydrogens (primary N) is 1. The van der Waals surface area contributed by atoms with Crippen LogP contribution >= 0.6 is 0 Å². The third-order valence-corrected chi connectivity index (χ3v) is 21.7. The molecule has 1 atom stereocenters. The fraction of sp³-hybridized carbons (Fsp3) is 0.276. The Hall–Kier alpha value is -10.8. The number of carbonyl (C=O) groups is 1. The lowest BCUT2D eigenvalue weighted by Gasteiger charge is -2.33. The van der Waals surface area contributed by atoms with Crippen LogP contribution in [0.3, 0.4) is 0 Å². The predicted molar refractivity (Wildman–Crippen MR) is 402 cm³/mol. The van der Waals surface area contributed by atoms with Crippen molar-refractivity contribution in [2.45, 2.75) is 89.4 Å². The molecule has 13 rings (SSSR count). The minimum Gasteiger partial charge on any atom is -0.381 e. The number of hydrogen-bond acceptors (Lipinski definition) is 24. The van der Waals surface area contributed by atoms with Crippen LogP contribution in [0.25, 0.3) is 102 Å². The zero-order chi connectivity index (χ0) is 73.2. The van der Waals surface area contributed by atoms with E-state index < -0.39 is 35.1 Å². The fourth-order valence-corrected chi connectivity index (χ4v) is 12.4. The molecule has 1 aliphatic rings. The Labute approximate surface area is 603 Å². The van der Waals surface area contributed by atoms with Gasteiger partial charge in [-0.05, 0) is 129 Å². The number of primary amides is 1. The molecule has 538 valence electrons. The molecule has 3 aromatic carbocycles. The summed E-state index contributed by atoms with van der Waals surface area (Å²) < 4.78 is 69.6. The first kappa shape index (κ1) is 73.4. The summed E-state index contributed by atoms with van der Waals surface area (Å²) in [6.45, 7) is 13.8. The van der Waals surface area contributed by atoms with Gasteiger partial charge in [0.05, 0.1) is 75.3 Å². The maximum Gasteiger partial charge on any atom is 0.229 e. The van der Waals surface area contributed by atoms with E-state index in [9.17, 15) is 21.6 Å². The number of carbonyl (C=O) groups excluding carboxylic acids is 1. The Morgan fingerprint density at radius 1 is 0.505 bits per heavy atom. The zero-order valence-corrected chi connectivity index (χ0v) is 60.7. The van der Waals surface area contributed by atoms with E-state index >= 15 is 0 Å². The first-order valence-corrected chi connectivity index (χ1v) is 37.0. The second kappa shape index (κ2) is 31.6. The standard InChI is InChI=1S/C27H28N6O3.C25H27N5O3S.C24H25N5O3S.4H2/c1-17-25(23-14-21(33-36-23)19-5-3-18(4-6-19)15-29-2)32-22(16-31-17)20-7-10-30-24(13-20)27(26(28)34)8-11-35-12-9-27;1-16-24(22-13-20(30-33-22)18-8-6-17(7-9-18)14-26-4)29-21(15-28-16)19-10-11-27-23(12-19)25(2,3)34(5,31)32;1-15-24(23-12-21(29-32-23)18-7-5-17(6-8-18)13-25-3)28-22(14-27-15)19-9-10-26-20(11-19)16(2)33(4,30)31;;;;/h3-7,10,13-14,16,29H,8-9,11-12,15H2,1-2H3,(H2,28,34);6-13,15,26H,14H2,1-5H3;5-12,14,16,25H,13H2,1-4H3;4*1H. The summed E-state index contributed by atoms with van der Waals surface area (Å²) in [5.74, 6) is 1.16. The second-order valence-corrected chi connectivity index (χ2v) is 30.6. The van der Waals surface area contributed by atoms with E-state index in [2.05, 4.69) is 73.5 Å². The Balaban J connectivity index is 0.000000220. The number of aryl methyl sites for hydroxylation is 3. The first-order valence-electron chi connectivity index (χ1n) is 33.2. The van der Waals surface area contributed by atoms with Gasteiger partial charge in [0.15, 0.2) is 37.0 Å². The van der Waals surface area contributed by atoms with Crippen LogP contribution in [0.4, 0.5) is 0 Å². The number of aromatic nitrogens is 12. The van der Waals surface area contributed by atoms with Gasteiger partial charge in [-0.15, -0.1) is 0 Å². The van der Waals surface area contributed by atoms with E-state index in [1.165, 1.54) is 29.2 Å². The van der Waals surface area contributed by atoms with Gasteiger partial charge in [0.1, 0.15) is 44.2 Å². The molecule has 5 N–H and O–H groups in total. The highest BCUT2D eigenvalue weighted by Crippen LogP contribution is 2.38.